The molecule has 3 amide bonds. The van der Waals surface area contributed by atoms with Crippen molar-refractivity contribution in [1.82, 2.24) is 9.69 Å². The lowest BCUT2D eigenvalue weighted by atomic mass is 10.3. The number of nitrogens with two attached hydrogens (primary N) is 1. The van der Waals surface area contributed by atoms with Gasteiger partial charge in [0.15, 0.2) is 0 Å². The van der Waals surface area contributed by atoms with E-state index in [1.165, 1.54) is 11.8 Å². The number of anilines is 1. The fraction of sp³-hybridized carbons (Fsp3) is 0.583. The standard InChI is InChI=1S/C12H20N4O2S2/c1-3-5-6-14-12(18)15-10-8(9(13)17)11(16-20-10)19-7-4-2/h3-7H2,1-2H3,(H2,13,17)(H2,14,15,18). The van der Waals surface area contributed by atoms with E-state index < -0.39 is 5.91 Å². The van der Waals surface area contributed by atoms with Crippen LogP contribution in [0.1, 0.15) is 43.5 Å². The summed E-state index contributed by atoms with van der Waals surface area (Å²) in [6.07, 6.45) is 2.89. The molecule has 0 saturated heterocycles. The Balaban J connectivity index is 2.71. The van der Waals surface area contributed by atoms with Gasteiger partial charge in [0.1, 0.15) is 15.6 Å². The quantitative estimate of drug-likeness (QED) is 0.507. The maximum atomic E-state index is 11.7. The van der Waals surface area contributed by atoms with Crippen molar-refractivity contribution in [2.45, 2.75) is 38.1 Å². The second kappa shape index (κ2) is 8.80. The van der Waals surface area contributed by atoms with Gasteiger partial charge in [0.25, 0.3) is 5.91 Å². The lowest BCUT2D eigenvalue weighted by Crippen LogP contribution is -2.30. The second-order valence-electron chi connectivity index (χ2n) is 4.14. The Morgan fingerprint density at radius 3 is 2.70 bits per heavy atom. The summed E-state index contributed by atoms with van der Waals surface area (Å²) in [4.78, 5) is 23.2. The Labute approximate surface area is 127 Å². The number of nitrogens with zero attached hydrogens (tertiary/aromatic N) is 1. The molecule has 112 valence electrons. The first-order valence-corrected chi connectivity index (χ1v) is 8.33. The Hall–Kier alpha value is -1.28. The number of aromatic nitrogens is 1. The van der Waals surface area contributed by atoms with E-state index >= 15 is 0 Å². The summed E-state index contributed by atoms with van der Waals surface area (Å²) in [6, 6.07) is -0.336. The molecule has 0 aliphatic carbocycles. The molecule has 1 heterocycles. The molecule has 0 unspecified atom stereocenters. The van der Waals surface area contributed by atoms with Crippen LogP contribution >= 0.6 is 23.3 Å². The van der Waals surface area contributed by atoms with Crippen LogP contribution in [-0.4, -0.2) is 28.6 Å². The van der Waals surface area contributed by atoms with Crippen LogP contribution in [0.3, 0.4) is 0 Å². The lowest BCUT2D eigenvalue weighted by Gasteiger charge is -2.06. The molecule has 20 heavy (non-hydrogen) atoms. The van der Waals surface area contributed by atoms with E-state index in [0.29, 0.717) is 22.1 Å². The Kier molecular flexibility index (Phi) is 7.38. The highest BCUT2D eigenvalue weighted by Crippen LogP contribution is 2.31. The number of amides is 3. The molecular weight excluding hydrogens is 296 g/mol. The number of thioether (sulfide) groups is 1. The van der Waals surface area contributed by atoms with Gasteiger partial charge in [0.2, 0.25) is 0 Å². The Morgan fingerprint density at radius 1 is 1.35 bits per heavy atom. The van der Waals surface area contributed by atoms with Crippen LogP contribution in [0.25, 0.3) is 0 Å². The van der Waals surface area contributed by atoms with Crippen molar-refractivity contribution in [1.29, 1.82) is 0 Å². The molecule has 0 saturated carbocycles. The van der Waals surface area contributed by atoms with Gasteiger partial charge in [-0.15, -0.1) is 11.8 Å². The molecule has 0 atom stereocenters. The number of hydrogen-bond donors (Lipinski definition) is 3. The molecule has 0 aliphatic heterocycles. The van der Waals surface area contributed by atoms with E-state index in [1.54, 1.807) is 0 Å². The van der Waals surface area contributed by atoms with E-state index in [2.05, 4.69) is 15.0 Å². The van der Waals surface area contributed by atoms with Gasteiger partial charge in [0, 0.05) is 6.54 Å². The molecular formula is C12H20N4O2S2. The SMILES string of the molecule is CCCCNC(=O)Nc1snc(SCCC)c1C(N)=O. The van der Waals surface area contributed by atoms with Gasteiger partial charge >= 0.3 is 6.03 Å². The van der Waals surface area contributed by atoms with Crippen LogP contribution in [0.5, 0.6) is 0 Å². The number of rotatable bonds is 8. The van der Waals surface area contributed by atoms with E-state index in [0.717, 1.165) is 36.5 Å². The second-order valence-corrected chi connectivity index (χ2v) is 6.00. The van der Waals surface area contributed by atoms with Crippen molar-refractivity contribution >= 4 is 40.2 Å². The normalized spacial score (nSPS) is 10.3. The summed E-state index contributed by atoms with van der Waals surface area (Å²) in [6.45, 7) is 4.69. The smallest absolute Gasteiger partial charge is 0.319 e. The van der Waals surface area contributed by atoms with Gasteiger partial charge in [-0.05, 0) is 30.1 Å². The molecule has 0 aliphatic rings. The number of hydrogen-bond acceptors (Lipinski definition) is 5. The van der Waals surface area contributed by atoms with Gasteiger partial charge < -0.3 is 11.1 Å². The fourth-order valence-electron chi connectivity index (χ4n) is 1.40. The van der Waals surface area contributed by atoms with Crippen molar-refractivity contribution in [2.24, 2.45) is 5.73 Å². The van der Waals surface area contributed by atoms with E-state index in [9.17, 15) is 9.59 Å². The molecule has 0 spiro atoms. The van der Waals surface area contributed by atoms with Gasteiger partial charge in [-0.2, -0.15) is 4.37 Å². The summed E-state index contributed by atoms with van der Waals surface area (Å²) in [5.74, 6) is 0.285. The highest BCUT2D eigenvalue weighted by molar-refractivity contribution is 7.99. The number of urea groups is 1. The predicted molar refractivity (Wildman–Crippen MR) is 83.6 cm³/mol. The molecule has 0 radical (unpaired) electrons. The third-order valence-electron chi connectivity index (χ3n) is 2.39. The van der Waals surface area contributed by atoms with Crippen LogP contribution in [0.4, 0.5) is 9.80 Å². The van der Waals surface area contributed by atoms with Crippen molar-refractivity contribution in [2.75, 3.05) is 17.6 Å². The van der Waals surface area contributed by atoms with E-state index in [4.69, 9.17) is 5.73 Å². The maximum Gasteiger partial charge on any atom is 0.319 e. The molecule has 1 aromatic heterocycles. The molecule has 1 rings (SSSR count). The zero-order valence-corrected chi connectivity index (χ0v) is 13.3. The topological polar surface area (TPSA) is 97.1 Å². The molecule has 6 nitrogen and oxygen atoms in total. The molecule has 4 N–H and O–H groups in total. The molecule has 8 heteroatoms. The van der Waals surface area contributed by atoms with E-state index in [1.807, 2.05) is 13.8 Å². The van der Waals surface area contributed by atoms with Crippen molar-refractivity contribution < 1.29 is 9.59 Å². The Bertz CT molecular complexity index is 462. The predicted octanol–water partition coefficient (Wildman–Crippen LogP) is 2.67. The summed E-state index contributed by atoms with van der Waals surface area (Å²) < 4.78 is 4.19. The third-order valence-corrected chi connectivity index (χ3v) is 4.45. The minimum absolute atomic E-state index is 0.305. The number of carbonyl (C=O) groups excluding carboxylic acids is 2. The summed E-state index contributed by atoms with van der Waals surface area (Å²) >= 11 is 2.55. The minimum Gasteiger partial charge on any atom is -0.365 e. The average molecular weight is 316 g/mol. The summed E-state index contributed by atoms with van der Waals surface area (Å²) in [5.41, 5.74) is 5.68. The Morgan fingerprint density at radius 2 is 2.10 bits per heavy atom. The molecule has 1 aromatic rings. The van der Waals surface area contributed by atoms with Crippen molar-refractivity contribution in [3.8, 4) is 0 Å². The van der Waals surface area contributed by atoms with Gasteiger partial charge in [0.05, 0.1) is 0 Å². The first-order chi connectivity index (χ1) is 9.60. The lowest BCUT2D eigenvalue weighted by molar-refractivity contribution is 0.0998. The largest absolute Gasteiger partial charge is 0.365 e. The third kappa shape index (κ3) is 5.01. The number of unbranched alkanes of at least 4 members (excludes halogenated alkanes) is 1. The first-order valence-electron chi connectivity index (χ1n) is 6.57. The van der Waals surface area contributed by atoms with Crippen molar-refractivity contribution in [3.05, 3.63) is 5.56 Å². The first kappa shape index (κ1) is 16.8. The van der Waals surface area contributed by atoms with E-state index in [-0.39, 0.29) is 6.03 Å². The van der Waals surface area contributed by atoms with Crippen LogP contribution < -0.4 is 16.4 Å². The maximum absolute atomic E-state index is 11.7. The zero-order valence-electron chi connectivity index (χ0n) is 11.7. The molecule has 0 fully saturated rings. The van der Waals surface area contributed by atoms with Gasteiger partial charge in [-0.1, -0.05) is 20.3 Å². The summed E-state index contributed by atoms with van der Waals surface area (Å²) in [7, 11) is 0. The monoisotopic (exact) mass is 316 g/mol. The minimum atomic E-state index is -0.568. The highest BCUT2D eigenvalue weighted by atomic mass is 32.2. The summed E-state index contributed by atoms with van der Waals surface area (Å²) in [5, 5.41) is 6.36. The number of primary amides is 1. The average Bonchev–Trinajstić information content (AvgIpc) is 2.79. The zero-order chi connectivity index (χ0) is 15.0. The number of carbonyl (C=O) groups is 2. The molecule has 0 aromatic carbocycles. The number of nitrogens with one attached hydrogen (secondary N) is 2. The van der Waals surface area contributed by atoms with Crippen LogP contribution in [0.15, 0.2) is 5.03 Å². The van der Waals surface area contributed by atoms with Gasteiger partial charge in [-0.3, -0.25) is 10.1 Å². The van der Waals surface area contributed by atoms with Crippen LogP contribution in [-0.2, 0) is 0 Å². The van der Waals surface area contributed by atoms with Gasteiger partial charge in [-0.25, -0.2) is 4.79 Å². The molecule has 0 bridgehead atoms. The highest BCUT2D eigenvalue weighted by Gasteiger charge is 2.20. The fourth-order valence-corrected chi connectivity index (χ4v) is 3.23. The van der Waals surface area contributed by atoms with Crippen LogP contribution in [0.2, 0.25) is 0 Å². The van der Waals surface area contributed by atoms with Crippen LogP contribution in [0, 0.1) is 0 Å². The van der Waals surface area contributed by atoms with Crippen molar-refractivity contribution in [3.63, 3.8) is 0 Å².